The number of alkyl halides is 2. The summed E-state index contributed by atoms with van der Waals surface area (Å²) in [6.45, 7) is 7.38. The average Bonchev–Trinajstić information content (AvgIpc) is 3.13. The Morgan fingerprint density at radius 3 is 1.96 bits per heavy atom. The van der Waals surface area contributed by atoms with Crippen LogP contribution in [0.4, 0.5) is 8.78 Å². The molecule has 28 heavy (non-hydrogen) atoms. The minimum atomic E-state index is -1.26. The van der Waals surface area contributed by atoms with Gasteiger partial charge in [0.25, 0.3) is 0 Å². The van der Waals surface area contributed by atoms with Crippen LogP contribution in [0.3, 0.4) is 0 Å². The lowest BCUT2D eigenvalue weighted by Crippen LogP contribution is -2.26. The van der Waals surface area contributed by atoms with E-state index in [4.69, 9.17) is 19.3 Å². The van der Waals surface area contributed by atoms with Crippen molar-refractivity contribution in [3.05, 3.63) is 35.9 Å². The summed E-state index contributed by atoms with van der Waals surface area (Å²) >= 11 is 0. The first-order valence-electron chi connectivity index (χ1n) is 9.83. The van der Waals surface area contributed by atoms with Gasteiger partial charge in [-0.1, -0.05) is 45.9 Å². The number of rotatable bonds is 4. The lowest BCUT2D eigenvalue weighted by atomic mass is 10.0. The van der Waals surface area contributed by atoms with Gasteiger partial charge in [-0.05, 0) is 25.0 Å². The van der Waals surface area contributed by atoms with E-state index in [-0.39, 0.29) is 24.0 Å². The van der Waals surface area contributed by atoms with Gasteiger partial charge in [-0.2, -0.15) is 0 Å². The van der Waals surface area contributed by atoms with E-state index in [1.807, 2.05) is 13.8 Å². The zero-order valence-electron chi connectivity index (χ0n) is 16.8. The molecule has 1 aromatic carbocycles. The number of hydrogen-bond acceptors (Lipinski definition) is 5. The van der Waals surface area contributed by atoms with Gasteiger partial charge >= 0.3 is 5.97 Å². The molecule has 0 bridgehead atoms. The molecule has 0 radical (unpaired) electrons. The van der Waals surface area contributed by atoms with Crippen LogP contribution >= 0.6 is 0 Å². The molecular weight excluding hydrogens is 370 g/mol. The number of hydrogen-bond donors (Lipinski definition) is 1. The number of aliphatic hydroxyl groups is 1. The van der Waals surface area contributed by atoms with E-state index in [9.17, 15) is 13.6 Å². The molecule has 2 saturated heterocycles. The Bertz CT molecular complexity index is 614. The van der Waals surface area contributed by atoms with Gasteiger partial charge in [-0.3, -0.25) is 0 Å². The second-order valence-electron chi connectivity index (χ2n) is 7.30. The van der Waals surface area contributed by atoms with Gasteiger partial charge in [0, 0.05) is 11.8 Å². The molecule has 2 heterocycles. The molecule has 2 aliphatic rings. The Kier molecular flexibility index (Phi) is 8.34. The van der Waals surface area contributed by atoms with E-state index in [0.717, 1.165) is 6.42 Å². The Morgan fingerprint density at radius 2 is 1.54 bits per heavy atom. The van der Waals surface area contributed by atoms with Crippen molar-refractivity contribution >= 4 is 5.97 Å². The molecule has 1 N–H and O–H groups in total. The van der Waals surface area contributed by atoms with Crippen LogP contribution in [0.5, 0.6) is 0 Å². The van der Waals surface area contributed by atoms with E-state index in [0.29, 0.717) is 12.0 Å². The highest BCUT2D eigenvalue weighted by Gasteiger charge is 2.43. The lowest BCUT2D eigenvalue weighted by Gasteiger charge is -2.14. The first-order valence-corrected chi connectivity index (χ1v) is 9.83. The van der Waals surface area contributed by atoms with Crippen molar-refractivity contribution < 1.29 is 32.9 Å². The van der Waals surface area contributed by atoms with Gasteiger partial charge in [0.1, 0.15) is 0 Å². The summed E-state index contributed by atoms with van der Waals surface area (Å²) in [6.07, 6.45) is -3.57. The summed E-state index contributed by atoms with van der Waals surface area (Å²) in [5, 5.41) is 8.87. The second-order valence-corrected chi connectivity index (χ2v) is 7.30. The van der Waals surface area contributed by atoms with Gasteiger partial charge < -0.3 is 19.3 Å². The topological polar surface area (TPSA) is 65.0 Å². The Balaban J connectivity index is 0.000000237. The smallest absolute Gasteiger partial charge is 0.340 e. The summed E-state index contributed by atoms with van der Waals surface area (Å²) in [4.78, 5) is 11.8. The Morgan fingerprint density at radius 1 is 1.00 bits per heavy atom. The van der Waals surface area contributed by atoms with E-state index in [2.05, 4.69) is 0 Å². The standard InChI is InChI=1S/C14H17FO3.C7H13FO2/c1-3-11-9(2)12(15)14(17-11)18-13(16)10-7-5-4-6-8-10;1-3-5-4(2)6(8)7(9)10-5/h4-9,11-12,14H,3H2,1-2H3;4-7,9H,3H2,1-2H3/t9-,11-,12+,14-;4-,5-,6+,7+/m11/s1. The number of ether oxygens (including phenoxy) is 3. The molecule has 8 atom stereocenters. The number of benzene rings is 1. The predicted molar refractivity (Wildman–Crippen MR) is 100 cm³/mol. The molecule has 1 aromatic rings. The summed E-state index contributed by atoms with van der Waals surface area (Å²) in [5.41, 5.74) is 0.404. The van der Waals surface area contributed by atoms with Crippen molar-refractivity contribution in [1.82, 2.24) is 0 Å². The van der Waals surface area contributed by atoms with Gasteiger partial charge in [0.05, 0.1) is 17.8 Å². The highest BCUT2D eigenvalue weighted by Crippen LogP contribution is 2.32. The highest BCUT2D eigenvalue weighted by molar-refractivity contribution is 5.89. The van der Waals surface area contributed by atoms with Gasteiger partial charge in [-0.15, -0.1) is 0 Å². The molecular formula is C21H30F2O5. The van der Waals surface area contributed by atoms with Crippen molar-refractivity contribution in [3.8, 4) is 0 Å². The molecule has 0 saturated carbocycles. The predicted octanol–water partition coefficient (Wildman–Crippen LogP) is 4.04. The maximum atomic E-state index is 13.9. The van der Waals surface area contributed by atoms with E-state index in [1.165, 1.54) is 0 Å². The van der Waals surface area contributed by atoms with Crippen molar-refractivity contribution in [1.29, 1.82) is 0 Å². The maximum Gasteiger partial charge on any atom is 0.340 e. The molecule has 0 spiro atoms. The van der Waals surface area contributed by atoms with E-state index >= 15 is 0 Å². The average molecular weight is 400 g/mol. The molecule has 0 aromatic heterocycles. The summed E-state index contributed by atoms with van der Waals surface area (Å²) in [6, 6.07) is 8.53. The first-order chi connectivity index (χ1) is 13.3. The molecule has 2 fully saturated rings. The highest BCUT2D eigenvalue weighted by atomic mass is 19.1. The van der Waals surface area contributed by atoms with Crippen molar-refractivity contribution in [2.24, 2.45) is 11.8 Å². The Hall–Kier alpha value is -1.57. The van der Waals surface area contributed by atoms with Crippen LogP contribution in [0.15, 0.2) is 30.3 Å². The monoisotopic (exact) mass is 400 g/mol. The van der Waals surface area contributed by atoms with Crippen LogP contribution in [0.25, 0.3) is 0 Å². The number of carbonyl (C=O) groups is 1. The maximum absolute atomic E-state index is 13.9. The zero-order chi connectivity index (χ0) is 20.8. The van der Waals surface area contributed by atoms with Crippen LogP contribution in [0, 0.1) is 11.8 Å². The molecule has 158 valence electrons. The number of carbonyl (C=O) groups excluding carboxylic acids is 1. The minimum absolute atomic E-state index is 0.106. The van der Waals surface area contributed by atoms with Gasteiger partial charge in [0.15, 0.2) is 18.6 Å². The molecule has 2 aliphatic heterocycles. The fourth-order valence-electron chi connectivity index (χ4n) is 3.44. The van der Waals surface area contributed by atoms with Gasteiger partial charge in [0.2, 0.25) is 6.29 Å². The zero-order valence-corrected chi connectivity index (χ0v) is 16.8. The molecule has 3 rings (SSSR count). The Labute approximate surface area is 165 Å². The molecule has 0 aliphatic carbocycles. The quantitative estimate of drug-likeness (QED) is 0.773. The molecule has 7 heteroatoms. The van der Waals surface area contributed by atoms with Crippen molar-refractivity contribution in [3.63, 3.8) is 0 Å². The van der Waals surface area contributed by atoms with Crippen LogP contribution < -0.4 is 0 Å². The minimum Gasteiger partial charge on any atom is -0.429 e. The number of halogens is 2. The van der Waals surface area contributed by atoms with Crippen LogP contribution in [-0.2, 0) is 14.2 Å². The summed E-state index contributed by atoms with van der Waals surface area (Å²) in [5.74, 6) is -0.962. The fraction of sp³-hybridized carbons (Fsp3) is 0.667. The van der Waals surface area contributed by atoms with Crippen LogP contribution in [0.2, 0.25) is 0 Å². The molecule has 0 amide bonds. The lowest BCUT2D eigenvalue weighted by molar-refractivity contribution is -0.121. The third-order valence-corrected chi connectivity index (χ3v) is 5.37. The number of esters is 1. The van der Waals surface area contributed by atoms with E-state index < -0.39 is 30.9 Å². The normalized spacial score (nSPS) is 37.2. The SMILES string of the molecule is CC[C@H]1O[C@H](O)[C@@H](F)[C@@H]1C.CC[C@H]1O[C@H](OC(=O)c2ccccc2)[C@@H](F)[C@@H]1C. The van der Waals surface area contributed by atoms with Crippen LogP contribution in [-0.4, -0.2) is 48.2 Å². The summed E-state index contributed by atoms with van der Waals surface area (Å²) in [7, 11) is 0. The van der Waals surface area contributed by atoms with E-state index in [1.54, 1.807) is 44.2 Å². The number of aliphatic hydroxyl groups excluding tert-OH is 1. The first kappa shape index (κ1) is 22.7. The van der Waals surface area contributed by atoms with Gasteiger partial charge in [-0.25, -0.2) is 13.6 Å². The molecule has 0 unspecified atom stereocenters. The molecule has 5 nitrogen and oxygen atoms in total. The van der Waals surface area contributed by atoms with Crippen molar-refractivity contribution in [2.45, 2.75) is 77.7 Å². The fourth-order valence-corrected chi connectivity index (χ4v) is 3.44. The third kappa shape index (κ3) is 5.27. The largest absolute Gasteiger partial charge is 0.429 e. The second kappa shape index (κ2) is 10.3. The van der Waals surface area contributed by atoms with Crippen LogP contribution in [0.1, 0.15) is 50.9 Å². The summed E-state index contributed by atoms with van der Waals surface area (Å²) < 4.78 is 42.1. The third-order valence-electron chi connectivity index (χ3n) is 5.37. The van der Waals surface area contributed by atoms with Crippen molar-refractivity contribution in [2.75, 3.05) is 0 Å².